The van der Waals surface area contributed by atoms with E-state index >= 15 is 0 Å². The maximum absolute atomic E-state index is 13.1. The molecule has 1 amide bonds. The quantitative estimate of drug-likeness (QED) is 0.633. The van der Waals surface area contributed by atoms with Crippen molar-refractivity contribution in [3.63, 3.8) is 0 Å². The van der Waals surface area contributed by atoms with E-state index in [2.05, 4.69) is 12.1 Å². The molecule has 1 aromatic heterocycles. The van der Waals surface area contributed by atoms with Crippen LogP contribution in [0.5, 0.6) is 0 Å². The fourth-order valence-electron chi connectivity index (χ4n) is 2.95. The lowest BCUT2D eigenvalue weighted by atomic mass is 10.2. The van der Waals surface area contributed by atoms with Crippen LogP contribution in [0.4, 0.5) is 11.4 Å². The molecule has 126 valence electrons. The average Bonchev–Trinajstić information content (AvgIpc) is 2.59. The molecule has 25 heavy (non-hydrogen) atoms. The number of hydrogen-bond donors (Lipinski definition) is 0. The van der Waals surface area contributed by atoms with Gasteiger partial charge in [0, 0.05) is 21.4 Å². The molecule has 0 saturated heterocycles. The largest absolute Gasteiger partial charge is 1.00 e. The van der Waals surface area contributed by atoms with Gasteiger partial charge in [-0.1, -0.05) is 36.0 Å². The van der Waals surface area contributed by atoms with Crippen LogP contribution in [0.15, 0.2) is 82.8 Å². The summed E-state index contributed by atoms with van der Waals surface area (Å²) in [7, 11) is 0. The minimum atomic E-state index is 0. The summed E-state index contributed by atoms with van der Waals surface area (Å²) in [6, 6.07) is 20.1. The number of halogens is 1. The van der Waals surface area contributed by atoms with Gasteiger partial charge in [0.25, 0.3) is 5.91 Å². The third-order valence-corrected chi connectivity index (χ3v) is 5.14. The number of carbonyl (C=O) groups excluding carboxylic acids is 1. The number of rotatable bonds is 2. The van der Waals surface area contributed by atoms with E-state index in [1.54, 1.807) is 11.8 Å². The molecule has 0 saturated carbocycles. The van der Waals surface area contributed by atoms with E-state index in [9.17, 15) is 4.79 Å². The van der Waals surface area contributed by atoms with Crippen LogP contribution < -0.4 is 21.9 Å². The highest BCUT2D eigenvalue weighted by Crippen LogP contribution is 2.47. The van der Waals surface area contributed by atoms with Crippen molar-refractivity contribution in [2.75, 3.05) is 4.90 Å². The van der Waals surface area contributed by atoms with Gasteiger partial charge in [-0.3, -0.25) is 9.69 Å². The van der Waals surface area contributed by atoms with E-state index in [4.69, 9.17) is 0 Å². The van der Waals surface area contributed by atoms with Crippen molar-refractivity contribution >= 4 is 29.0 Å². The number of benzene rings is 2. The highest BCUT2D eigenvalue weighted by Gasteiger charge is 2.29. The maximum Gasteiger partial charge on any atom is 0.297 e. The van der Waals surface area contributed by atoms with Crippen molar-refractivity contribution in [1.29, 1.82) is 0 Å². The van der Waals surface area contributed by atoms with Crippen molar-refractivity contribution < 1.29 is 21.8 Å². The summed E-state index contributed by atoms with van der Waals surface area (Å²) >= 11 is 1.71. The van der Waals surface area contributed by atoms with Gasteiger partial charge in [-0.05, 0) is 37.3 Å². The van der Waals surface area contributed by atoms with Crippen molar-refractivity contribution in [3.8, 4) is 0 Å². The molecule has 3 aromatic rings. The molecule has 0 atom stereocenters. The number of hydrogen-bond acceptors (Lipinski definition) is 2. The Hall–Kier alpha value is -2.30. The fraction of sp³-hybridized carbons (Fsp3) is 0.100. The average molecular weight is 369 g/mol. The SMILES string of the molecule is Cc1ccc[n+](CC(=O)N2c3ccccc3Sc3ccccc32)c1.[Cl-]. The number of anilines is 2. The lowest BCUT2D eigenvalue weighted by molar-refractivity contribution is -0.684. The fourth-order valence-corrected chi connectivity index (χ4v) is 4.01. The summed E-state index contributed by atoms with van der Waals surface area (Å²) in [5.41, 5.74) is 3.05. The van der Waals surface area contributed by atoms with Crippen LogP contribution in [0.2, 0.25) is 0 Å². The first-order valence-corrected chi connectivity index (χ1v) is 8.68. The number of aromatic nitrogens is 1. The van der Waals surface area contributed by atoms with Crippen LogP contribution in [0, 0.1) is 6.92 Å². The number of aryl methyl sites for hydroxylation is 1. The van der Waals surface area contributed by atoms with Gasteiger partial charge < -0.3 is 12.4 Å². The van der Waals surface area contributed by atoms with Gasteiger partial charge in [0.2, 0.25) is 6.54 Å². The van der Waals surface area contributed by atoms with Crippen LogP contribution in [0.25, 0.3) is 0 Å². The van der Waals surface area contributed by atoms with Crippen molar-refractivity contribution in [2.24, 2.45) is 0 Å². The van der Waals surface area contributed by atoms with Crippen LogP contribution >= 0.6 is 11.8 Å². The molecule has 1 aliphatic heterocycles. The summed E-state index contributed by atoms with van der Waals surface area (Å²) in [6.45, 7) is 2.35. The van der Waals surface area contributed by atoms with E-state index in [-0.39, 0.29) is 18.3 Å². The van der Waals surface area contributed by atoms with E-state index in [1.807, 2.05) is 77.3 Å². The molecule has 0 N–H and O–H groups in total. The third kappa shape index (κ3) is 3.41. The first kappa shape index (κ1) is 17.5. The molecule has 0 spiro atoms. The summed E-state index contributed by atoms with van der Waals surface area (Å²) in [5.74, 6) is 0.0609. The number of carbonyl (C=O) groups is 1. The van der Waals surface area contributed by atoms with Gasteiger partial charge in [0.15, 0.2) is 12.4 Å². The second-order valence-corrected chi connectivity index (χ2v) is 6.90. The molecular formula is C20H17ClN2OS. The number of nitrogens with zero attached hydrogens (tertiary/aromatic N) is 2. The summed E-state index contributed by atoms with van der Waals surface area (Å²) in [5, 5.41) is 0. The molecule has 0 aliphatic carbocycles. The first-order chi connectivity index (χ1) is 11.7. The van der Waals surface area contributed by atoms with E-state index in [1.165, 1.54) is 0 Å². The number of fused-ring (bicyclic) bond motifs is 2. The second kappa shape index (κ2) is 7.30. The van der Waals surface area contributed by atoms with E-state index < -0.39 is 0 Å². The standard InChI is InChI=1S/C20H17N2OS.ClH/c1-15-7-6-12-21(13-15)14-20(23)22-16-8-2-4-10-18(16)24-19-11-5-3-9-17(19)22;/h2-13H,14H2,1H3;1H/q+1;/p-1. The van der Waals surface area contributed by atoms with Crippen LogP contribution in [0.1, 0.15) is 5.56 Å². The van der Waals surface area contributed by atoms with Crippen LogP contribution in [-0.4, -0.2) is 5.91 Å². The van der Waals surface area contributed by atoms with Gasteiger partial charge in [0.1, 0.15) is 0 Å². The molecule has 1 aliphatic rings. The molecule has 2 aromatic carbocycles. The van der Waals surface area contributed by atoms with Gasteiger partial charge in [-0.2, -0.15) is 4.57 Å². The second-order valence-electron chi connectivity index (χ2n) is 5.82. The molecule has 0 unspecified atom stereocenters. The Labute approximate surface area is 157 Å². The zero-order valence-corrected chi connectivity index (χ0v) is 15.3. The Balaban J connectivity index is 0.00000182. The molecule has 2 heterocycles. The molecule has 0 fully saturated rings. The van der Waals surface area contributed by atoms with E-state index in [0.29, 0.717) is 6.54 Å². The van der Waals surface area contributed by atoms with Crippen LogP contribution in [-0.2, 0) is 11.3 Å². The molecule has 0 radical (unpaired) electrons. The topological polar surface area (TPSA) is 24.2 Å². The Morgan fingerprint density at radius 3 is 2.16 bits per heavy atom. The number of amides is 1. The summed E-state index contributed by atoms with van der Waals surface area (Å²) in [4.78, 5) is 17.2. The summed E-state index contributed by atoms with van der Waals surface area (Å²) in [6.07, 6.45) is 3.93. The highest BCUT2D eigenvalue weighted by atomic mass is 35.5. The van der Waals surface area contributed by atoms with Gasteiger partial charge in [-0.15, -0.1) is 0 Å². The normalized spacial score (nSPS) is 12.0. The predicted octanol–water partition coefficient (Wildman–Crippen LogP) is 1.12. The molecule has 0 bridgehead atoms. The Bertz CT molecular complexity index is 883. The molecule has 4 rings (SSSR count). The lowest BCUT2D eigenvalue weighted by Gasteiger charge is -2.30. The monoisotopic (exact) mass is 368 g/mol. The Morgan fingerprint density at radius 1 is 0.960 bits per heavy atom. The maximum atomic E-state index is 13.1. The first-order valence-electron chi connectivity index (χ1n) is 7.87. The zero-order valence-electron chi connectivity index (χ0n) is 13.7. The van der Waals surface area contributed by atoms with Gasteiger partial charge >= 0.3 is 0 Å². The van der Waals surface area contributed by atoms with Gasteiger partial charge in [0.05, 0.1) is 11.4 Å². The van der Waals surface area contributed by atoms with Crippen molar-refractivity contribution in [2.45, 2.75) is 23.3 Å². The minimum Gasteiger partial charge on any atom is -1.00 e. The van der Waals surface area contributed by atoms with Crippen molar-refractivity contribution in [1.82, 2.24) is 0 Å². The summed E-state index contributed by atoms with van der Waals surface area (Å²) < 4.78 is 1.94. The molecular weight excluding hydrogens is 352 g/mol. The Morgan fingerprint density at radius 2 is 1.56 bits per heavy atom. The zero-order chi connectivity index (χ0) is 16.5. The number of para-hydroxylation sites is 2. The highest BCUT2D eigenvalue weighted by molar-refractivity contribution is 7.99. The predicted molar refractivity (Wildman–Crippen MR) is 95.5 cm³/mol. The Kier molecular flexibility index (Phi) is 5.11. The number of pyridine rings is 1. The minimum absolute atomic E-state index is 0. The molecule has 3 nitrogen and oxygen atoms in total. The third-order valence-electron chi connectivity index (χ3n) is 4.01. The van der Waals surface area contributed by atoms with Crippen molar-refractivity contribution in [3.05, 3.63) is 78.6 Å². The smallest absolute Gasteiger partial charge is 0.297 e. The van der Waals surface area contributed by atoms with Gasteiger partial charge in [-0.25, -0.2) is 0 Å². The molecule has 5 heteroatoms. The lowest BCUT2D eigenvalue weighted by Crippen LogP contribution is -3.00. The van der Waals surface area contributed by atoms with E-state index in [0.717, 1.165) is 26.7 Å². The van der Waals surface area contributed by atoms with Crippen LogP contribution in [0.3, 0.4) is 0 Å².